The Morgan fingerprint density at radius 1 is 1.26 bits per heavy atom. The Morgan fingerprint density at radius 2 is 2.11 bits per heavy atom. The third-order valence-corrected chi connectivity index (χ3v) is 6.13. The number of halogens is 1. The van der Waals surface area contributed by atoms with Gasteiger partial charge in [-0.3, -0.25) is 0 Å². The molecule has 0 aliphatic heterocycles. The summed E-state index contributed by atoms with van der Waals surface area (Å²) < 4.78 is 11.0. The van der Waals surface area contributed by atoms with Crippen molar-refractivity contribution < 1.29 is 9.15 Å². The lowest BCUT2D eigenvalue weighted by Crippen LogP contribution is -1.99. The molecule has 0 unspecified atom stereocenters. The van der Waals surface area contributed by atoms with E-state index in [9.17, 15) is 5.26 Å². The molecule has 0 bridgehead atoms. The summed E-state index contributed by atoms with van der Waals surface area (Å²) in [5, 5.41) is 10.8. The second-order valence-corrected chi connectivity index (χ2v) is 7.80. The molecule has 0 saturated carbocycles. The fourth-order valence-electron chi connectivity index (χ4n) is 3.28. The average Bonchev–Trinajstić information content (AvgIpc) is 3.30. The van der Waals surface area contributed by atoms with Crippen LogP contribution in [0, 0.1) is 11.3 Å². The van der Waals surface area contributed by atoms with Gasteiger partial charge in [0.05, 0.1) is 23.9 Å². The topological polar surface area (TPSA) is 58.5 Å². The molecular weight excluding hydrogens is 380 g/mol. The summed E-state index contributed by atoms with van der Waals surface area (Å²) in [4.78, 5) is 5.84. The minimum absolute atomic E-state index is 0.532. The number of nitriles is 1. The Hall–Kier alpha value is -2.55. The first-order valence-corrected chi connectivity index (χ1v) is 9.91. The van der Waals surface area contributed by atoms with E-state index in [-0.39, 0.29) is 0 Å². The van der Waals surface area contributed by atoms with Crippen LogP contribution in [0.5, 0.6) is 5.75 Å². The van der Waals surface area contributed by atoms with Crippen molar-refractivity contribution >= 4 is 34.2 Å². The summed E-state index contributed by atoms with van der Waals surface area (Å²) in [6.45, 7) is 0. The Bertz CT molecular complexity index is 1060. The van der Waals surface area contributed by atoms with E-state index < -0.39 is 0 Å². The van der Waals surface area contributed by atoms with E-state index in [1.807, 2.05) is 24.3 Å². The maximum atomic E-state index is 9.52. The molecule has 1 aliphatic rings. The van der Waals surface area contributed by atoms with E-state index in [1.54, 1.807) is 30.7 Å². The lowest BCUT2D eigenvalue weighted by atomic mass is 9.96. The van der Waals surface area contributed by atoms with Crippen molar-refractivity contribution in [3.8, 4) is 23.1 Å². The zero-order valence-corrected chi connectivity index (χ0v) is 16.4. The summed E-state index contributed by atoms with van der Waals surface area (Å²) in [6.07, 6.45) is 6.04. The van der Waals surface area contributed by atoms with Crippen molar-refractivity contribution in [1.29, 1.82) is 5.26 Å². The number of benzene rings is 1. The largest absolute Gasteiger partial charge is 0.495 e. The van der Waals surface area contributed by atoms with E-state index >= 15 is 0 Å². The number of hydrogen-bond donors (Lipinski definition) is 0. The predicted molar refractivity (Wildman–Crippen MR) is 109 cm³/mol. The van der Waals surface area contributed by atoms with Crippen molar-refractivity contribution in [3.63, 3.8) is 0 Å². The Kier molecular flexibility index (Phi) is 5.02. The molecule has 6 heteroatoms. The molecule has 0 atom stereocenters. The van der Waals surface area contributed by atoms with E-state index in [2.05, 4.69) is 11.1 Å². The van der Waals surface area contributed by atoms with Crippen LogP contribution in [0.4, 0.5) is 5.00 Å². The maximum Gasteiger partial charge on any atom is 0.145 e. The first-order valence-electron chi connectivity index (χ1n) is 8.72. The van der Waals surface area contributed by atoms with E-state index in [4.69, 9.17) is 20.8 Å². The van der Waals surface area contributed by atoms with Crippen LogP contribution in [0.3, 0.4) is 0 Å². The zero-order valence-electron chi connectivity index (χ0n) is 14.8. The number of hydrogen-bond acceptors (Lipinski definition) is 5. The number of furan rings is 1. The summed E-state index contributed by atoms with van der Waals surface area (Å²) in [7, 11) is 1.58. The van der Waals surface area contributed by atoms with Crippen molar-refractivity contribution in [2.45, 2.75) is 25.7 Å². The lowest BCUT2D eigenvalue weighted by Gasteiger charge is -2.09. The van der Waals surface area contributed by atoms with Crippen LogP contribution in [0.1, 0.15) is 34.6 Å². The first-order chi connectivity index (χ1) is 13.2. The molecule has 136 valence electrons. The molecule has 0 saturated heterocycles. The van der Waals surface area contributed by atoms with Gasteiger partial charge in [-0.1, -0.05) is 11.6 Å². The van der Waals surface area contributed by atoms with Crippen molar-refractivity contribution in [2.24, 2.45) is 4.99 Å². The molecule has 0 amide bonds. The second kappa shape index (κ2) is 7.59. The highest BCUT2D eigenvalue weighted by atomic mass is 35.5. The number of aliphatic imine (C=N–C) groups is 1. The number of ether oxygens (including phenoxy) is 1. The molecule has 0 N–H and O–H groups in total. The summed E-state index contributed by atoms with van der Waals surface area (Å²) >= 11 is 7.81. The normalized spacial score (nSPS) is 13.5. The molecule has 4 rings (SSSR count). The molecule has 4 nitrogen and oxygen atoms in total. The average molecular weight is 397 g/mol. The fourth-order valence-corrected chi connectivity index (χ4v) is 4.72. The number of fused-ring (bicyclic) bond motifs is 1. The van der Waals surface area contributed by atoms with Gasteiger partial charge in [-0.05, 0) is 61.6 Å². The SMILES string of the molecule is COc1ccc(-c2ccc(/C=N/c3sc4c(c3C#N)CCCC4)o2)cc1Cl. The van der Waals surface area contributed by atoms with Gasteiger partial charge in [-0.15, -0.1) is 11.3 Å². The highest BCUT2D eigenvalue weighted by Crippen LogP contribution is 2.39. The van der Waals surface area contributed by atoms with E-state index in [1.165, 1.54) is 16.9 Å². The molecule has 0 radical (unpaired) electrons. The Balaban J connectivity index is 1.59. The monoisotopic (exact) mass is 396 g/mol. The van der Waals surface area contributed by atoms with Crippen LogP contribution >= 0.6 is 22.9 Å². The number of rotatable bonds is 4. The number of methoxy groups -OCH3 is 1. The van der Waals surface area contributed by atoms with Crippen LogP contribution in [0.15, 0.2) is 39.7 Å². The summed E-state index contributed by atoms with van der Waals surface area (Å²) in [5.74, 6) is 1.96. The van der Waals surface area contributed by atoms with Crippen molar-refractivity contribution in [2.75, 3.05) is 7.11 Å². The van der Waals surface area contributed by atoms with Crippen molar-refractivity contribution in [3.05, 3.63) is 57.1 Å². The maximum absolute atomic E-state index is 9.52. The van der Waals surface area contributed by atoms with Gasteiger partial charge in [0.1, 0.15) is 28.3 Å². The summed E-state index contributed by atoms with van der Waals surface area (Å²) in [5.41, 5.74) is 2.78. The Labute approximate surface area is 166 Å². The highest BCUT2D eigenvalue weighted by molar-refractivity contribution is 7.16. The number of nitrogens with zero attached hydrogens (tertiary/aromatic N) is 2. The van der Waals surface area contributed by atoms with Crippen molar-refractivity contribution in [1.82, 2.24) is 0 Å². The highest BCUT2D eigenvalue weighted by Gasteiger charge is 2.20. The third kappa shape index (κ3) is 3.51. The van der Waals surface area contributed by atoms with Gasteiger partial charge in [0.2, 0.25) is 0 Å². The number of aryl methyl sites for hydroxylation is 1. The van der Waals surface area contributed by atoms with Gasteiger partial charge in [-0.2, -0.15) is 5.26 Å². The van der Waals surface area contributed by atoms with E-state index in [0.29, 0.717) is 22.3 Å². The third-order valence-electron chi connectivity index (χ3n) is 4.64. The standard InChI is InChI=1S/C21H17ClN2O2S/c1-25-19-8-6-13(10-17(19)22)18-9-7-14(26-18)12-24-21-16(11-23)15-4-2-3-5-20(15)27-21/h6-10,12H,2-5H2,1H3/b24-12+. The van der Waals surface area contributed by atoms with Gasteiger partial charge >= 0.3 is 0 Å². The van der Waals surface area contributed by atoms with Crippen LogP contribution in [0.25, 0.3) is 11.3 Å². The molecule has 3 aromatic rings. The fraction of sp³-hybridized carbons (Fsp3) is 0.238. The quantitative estimate of drug-likeness (QED) is 0.495. The molecule has 1 aliphatic carbocycles. The van der Waals surface area contributed by atoms with Crippen LogP contribution in [-0.2, 0) is 12.8 Å². The molecule has 2 heterocycles. The minimum atomic E-state index is 0.532. The smallest absolute Gasteiger partial charge is 0.145 e. The van der Waals surface area contributed by atoms with Crippen LogP contribution in [-0.4, -0.2) is 13.3 Å². The summed E-state index contributed by atoms with van der Waals surface area (Å²) in [6, 6.07) is 11.6. The van der Waals surface area contributed by atoms with Gasteiger partial charge in [0, 0.05) is 10.4 Å². The molecule has 0 spiro atoms. The van der Waals surface area contributed by atoms with Gasteiger partial charge < -0.3 is 9.15 Å². The molecule has 1 aromatic carbocycles. The lowest BCUT2D eigenvalue weighted by molar-refractivity contribution is 0.415. The van der Waals surface area contributed by atoms with Crippen LogP contribution < -0.4 is 4.74 Å². The zero-order chi connectivity index (χ0) is 18.8. The molecule has 27 heavy (non-hydrogen) atoms. The van der Waals surface area contributed by atoms with Crippen LogP contribution in [0.2, 0.25) is 5.02 Å². The molecular formula is C21H17ClN2O2S. The first kappa shape index (κ1) is 17.8. The van der Waals surface area contributed by atoms with Gasteiger partial charge in [-0.25, -0.2) is 4.99 Å². The molecule has 2 aromatic heterocycles. The molecule has 0 fully saturated rings. The van der Waals surface area contributed by atoms with Gasteiger partial charge in [0.15, 0.2) is 0 Å². The minimum Gasteiger partial charge on any atom is -0.495 e. The van der Waals surface area contributed by atoms with Gasteiger partial charge in [0.25, 0.3) is 0 Å². The Morgan fingerprint density at radius 3 is 2.89 bits per heavy atom. The second-order valence-electron chi connectivity index (χ2n) is 6.31. The predicted octanol–water partition coefficient (Wildman–Crippen LogP) is 6.17. The number of thiophene rings is 1. The van der Waals surface area contributed by atoms with E-state index in [0.717, 1.165) is 35.4 Å².